The molecule has 0 aliphatic carbocycles. The van der Waals surface area contributed by atoms with Gasteiger partial charge in [0.25, 0.3) is 5.91 Å². The van der Waals surface area contributed by atoms with E-state index < -0.39 is 0 Å². The Balaban J connectivity index is 1.63. The highest BCUT2D eigenvalue weighted by Crippen LogP contribution is 2.25. The summed E-state index contributed by atoms with van der Waals surface area (Å²) in [5, 5.41) is 2.92. The number of rotatable bonds is 9. The predicted octanol–water partition coefficient (Wildman–Crippen LogP) is 5.11. The quantitative estimate of drug-likeness (QED) is 0.496. The number of anilines is 1. The van der Waals surface area contributed by atoms with Gasteiger partial charge in [-0.15, -0.1) is 0 Å². The Kier molecular flexibility index (Phi) is 8.08. The minimum absolute atomic E-state index is 0.0306. The summed E-state index contributed by atoms with van der Waals surface area (Å²) in [4.78, 5) is 27.1. The molecular formula is C27H30N2O4. The average molecular weight is 447 g/mol. The Labute approximate surface area is 195 Å². The van der Waals surface area contributed by atoms with E-state index in [1.807, 2.05) is 67.6 Å². The van der Waals surface area contributed by atoms with Crippen LogP contribution in [0.3, 0.4) is 0 Å². The van der Waals surface area contributed by atoms with Crippen LogP contribution in [-0.2, 0) is 11.2 Å². The van der Waals surface area contributed by atoms with Gasteiger partial charge < -0.3 is 19.7 Å². The molecule has 0 aliphatic rings. The third-order valence-corrected chi connectivity index (χ3v) is 5.68. The number of benzene rings is 3. The molecule has 0 heterocycles. The maximum absolute atomic E-state index is 12.9. The molecule has 0 saturated carbocycles. The fraction of sp³-hybridized carbons (Fsp3) is 0.259. The molecule has 0 fully saturated rings. The summed E-state index contributed by atoms with van der Waals surface area (Å²) in [5.74, 6) is 1.27. The summed E-state index contributed by atoms with van der Waals surface area (Å²) in [6.07, 6.45) is 0.943. The van der Waals surface area contributed by atoms with Gasteiger partial charge in [0.05, 0.1) is 20.3 Å². The molecule has 3 rings (SSSR count). The predicted molar refractivity (Wildman–Crippen MR) is 130 cm³/mol. The normalized spacial score (nSPS) is 11.4. The van der Waals surface area contributed by atoms with Crippen molar-refractivity contribution in [2.45, 2.75) is 25.8 Å². The summed E-state index contributed by atoms with van der Waals surface area (Å²) in [6, 6.07) is 22.1. The van der Waals surface area contributed by atoms with Crippen LogP contribution in [-0.4, -0.2) is 38.0 Å². The van der Waals surface area contributed by atoms with E-state index >= 15 is 0 Å². The molecule has 6 nitrogen and oxygen atoms in total. The van der Waals surface area contributed by atoms with E-state index in [2.05, 4.69) is 5.32 Å². The molecular weight excluding hydrogens is 416 g/mol. The zero-order valence-corrected chi connectivity index (χ0v) is 19.5. The number of amides is 2. The summed E-state index contributed by atoms with van der Waals surface area (Å²) in [7, 11) is 5.01. The van der Waals surface area contributed by atoms with Crippen molar-refractivity contribution < 1.29 is 19.1 Å². The fourth-order valence-electron chi connectivity index (χ4n) is 3.55. The van der Waals surface area contributed by atoms with Crippen LogP contribution in [0, 0.1) is 0 Å². The van der Waals surface area contributed by atoms with E-state index in [4.69, 9.17) is 9.47 Å². The van der Waals surface area contributed by atoms with Gasteiger partial charge in [0, 0.05) is 30.8 Å². The summed E-state index contributed by atoms with van der Waals surface area (Å²) in [5.41, 5.74) is 3.21. The second kappa shape index (κ2) is 11.2. The van der Waals surface area contributed by atoms with Gasteiger partial charge in [-0.2, -0.15) is 0 Å². The van der Waals surface area contributed by atoms with E-state index in [0.717, 1.165) is 11.1 Å². The lowest BCUT2D eigenvalue weighted by molar-refractivity contribution is -0.131. The topological polar surface area (TPSA) is 67.9 Å². The van der Waals surface area contributed by atoms with Crippen molar-refractivity contribution in [3.05, 3.63) is 89.5 Å². The molecule has 0 saturated heterocycles. The average Bonchev–Trinajstić information content (AvgIpc) is 2.86. The number of ether oxygens (including phenoxy) is 2. The molecule has 1 atom stereocenters. The Bertz CT molecular complexity index is 1080. The van der Waals surface area contributed by atoms with Gasteiger partial charge in [-0.1, -0.05) is 30.3 Å². The zero-order valence-electron chi connectivity index (χ0n) is 19.5. The van der Waals surface area contributed by atoms with Crippen molar-refractivity contribution in [2.24, 2.45) is 0 Å². The maximum Gasteiger partial charge on any atom is 0.255 e. The van der Waals surface area contributed by atoms with E-state index in [-0.39, 0.29) is 17.9 Å². The molecule has 3 aromatic rings. The first kappa shape index (κ1) is 23.9. The maximum atomic E-state index is 12.9. The third kappa shape index (κ3) is 6.35. The van der Waals surface area contributed by atoms with Crippen molar-refractivity contribution in [1.82, 2.24) is 4.90 Å². The van der Waals surface area contributed by atoms with E-state index in [0.29, 0.717) is 35.6 Å². The molecule has 1 N–H and O–H groups in total. The van der Waals surface area contributed by atoms with E-state index in [1.54, 1.807) is 38.3 Å². The first-order valence-electron chi connectivity index (χ1n) is 10.8. The van der Waals surface area contributed by atoms with E-state index in [9.17, 15) is 9.59 Å². The molecule has 6 heteroatoms. The van der Waals surface area contributed by atoms with Crippen molar-refractivity contribution in [3.63, 3.8) is 0 Å². The van der Waals surface area contributed by atoms with Crippen LogP contribution >= 0.6 is 0 Å². The van der Waals surface area contributed by atoms with Gasteiger partial charge in [0.1, 0.15) is 11.5 Å². The van der Waals surface area contributed by atoms with Gasteiger partial charge in [0.2, 0.25) is 5.91 Å². The lowest BCUT2D eigenvalue weighted by Crippen LogP contribution is -2.29. The molecule has 0 spiro atoms. The first-order chi connectivity index (χ1) is 15.9. The van der Waals surface area contributed by atoms with Crippen LogP contribution in [0.15, 0.2) is 72.8 Å². The van der Waals surface area contributed by atoms with Crippen molar-refractivity contribution in [3.8, 4) is 11.5 Å². The fourth-order valence-corrected chi connectivity index (χ4v) is 3.55. The largest absolute Gasteiger partial charge is 0.497 e. The summed E-state index contributed by atoms with van der Waals surface area (Å²) in [6.45, 7) is 1.98. The number of carbonyl (C=O) groups is 2. The number of nitrogens with one attached hydrogen (secondary N) is 1. The van der Waals surface area contributed by atoms with Crippen LogP contribution in [0.1, 0.15) is 40.9 Å². The van der Waals surface area contributed by atoms with Crippen LogP contribution < -0.4 is 14.8 Å². The highest BCUT2D eigenvalue weighted by Gasteiger charge is 2.18. The van der Waals surface area contributed by atoms with E-state index in [1.165, 1.54) is 0 Å². The number of carbonyl (C=O) groups excluding carboxylic acids is 2. The molecule has 172 valence electrons. The Morgan fingerprint density at radius 1 is 0.909 bits per heavy atom. The first-order valence-corrected chi connectivity index (χ1v) is 10.8. The highest BCUT2D eigenvalue weighted by atomic mass is 16.5. The molecule has 0 unspecified atom stereocenters. The molecule has 2 amide bonds. The number of nitrogens with zero attached hydrogens (tertiary/aromatic N) is 1. The van der Waals surface area contributed by atoms with Crippen molar-refractivity contribution in [2.75, 3.05) is 26.6 Å². The monoisotopic (exact) mass is 446 g/mol. The van der Waals surface area contributed by atoms with Crippen molar-refractivity contribution >= 4 is 17.5 Å². The van der Waals surface area contributed by atoms with Crippen molar-refractivity contribution in [1.29, 1.82) is 0 Å². The van der Waals surface area contributed by atoms with Crippen LogP contribution in [0.4, 0.5) is 5.69 Å². The van der Waals surface area contributed by atoms with Gasteiger partial charge in [-0.3, -0.25) is 9.59 Å². The van der Waals surface area contributed by atoms with Crippen LogP contribution in [0.25, 0.3) is 0 Å². The standard InChI is InChI=1S/C27H30N2O4/c1-19(22-11-8-12-23(17-22)28-27(31)21-9-6-5-7-10-21)29(2)26(30)14-13-20-15-24(32-3)18-25(16-20)33-4/h5-12,15-19H,13-14H2,1-4H3,(H,28,31)/t19-/m0/s1. The van der Waals surface area contributed by atoms with Gasteiger partial charge >= 0.3 is 0 Å². The molecule has 33 heavy (non-hydrogen) atoms. The second-order valence-corrected chi connectivity index (χ2v) is 7.85. The number of aryl methyl sites for hydroxylation is 1. The van der Waals surface area contributed by atoms with Gasteiger partial charge in [-0.25, -0.2) is 0 Å². The summed E-state index contributed by atoms with van der Waals surface area (Å²) >= 11 is 0. The smallest absolute Gasteiger partial charge is 0.255 e. The number of hydrogen-bond acceptors (Lipinski definition) is 4. The minimum atomic E-state index is -0.168. The highest BCUT2D eigenvalue weighted by molar-refractivity contribution is 6.04. The molecule has 3 aromatic carbocycles. The SMILES string of the molecule is COc1cc(CCC(=O)N(C)[C@@H](C)c2cccc(NC(=O)c3ccccc3)c2)cc(OC)c1. The lowest BCUT2D eigenvalue weighted by Gasteiger charge is -2.26. The molecule has 0 aliphatic heterocycles. The third-order valence-electron chi connectivity index (χ3n) is 5.68. The lowest BCUT2D eigenvalue weighted by atomic mass is 10.0. The number of hydrogen-bond donors (Lipinski definition) is 1. The molecule has 0 bridgehead atoms. The zero-order chi connectivity index (χ0) is 23.8. The van der Waals surface area contributed by atoms with Gasteiger partial charge in [-0.05, 0) is 60.9 Å². The minimum Gasteiger partial charge on any atom is -0.497 e. The Morgan fingerprint density at radius 2 is 1.58 bits per heavy atom. The number of methoxy groups -OCH3 is 2. The molecule has 0 aromatic heterocycles. The molecule has 0 radical (unpaired) electrons. The Hall–Kier alpha value is -3.80. The van der Waals surface area contributed by atoms with Crippen LogP contribution in [0.5, 0.6) is 11.5 Å². The summed E-state index contributed by atoms with van der Waals surface area (Å²) < 4.78 is 10.6. The Morgan fingerprint density at radius 3 is 2.21 bits per heavy atom. The second-order valence-electron chi connectivity index (χ2n) is 7.85. The van der Waals surface area contributed by atoms with Crippen LogP contribution in [0.2, 0.25) is 0 Å². The van der Waals surface area contributed by atoms with Gasteiger partial charge in [0.15, 0.2) is 0 Å².